The van der Waals surface area contributed by atoms with Gasteiger partial charge in [-0.15, -0.1) is 0 Å². The lowest BCUT2D eigenvalue weighted by molar-refractivity contribution is 0.0595. The highest BCUT2D eigenvalue weighted by molar-refractivity contribution is 5.90. The van der Waals surface area contributed by atoms with Crippen LogP contribution in [-0.4, -0.2) is 19.1 Å². The SMILES string of the molecule is COC(=O)c1cc(NC2C(C)CCCC2C)ccc1F. The number of hydrogen-bond acceptors (Lipinski definition) is 3. The second-order valence-electron chi connectivity index (χ2n) is 5.74. The minimum atomic E-state index is -0.643. The van der Waals surface area contributed by atoms with E-state index >= 15 is 0 Å². The molecule has 0 saturated heterocycles. The van der Waals surface area contributed by atoms with Gasteiger partial charge in [-0.25, -0.2) is 9.18 Å². The standard InChI is InChI=1S/C16H22FNO2/c1-10-5-4-6-11(2)15(10)18-12-7-8-14(17)13(9-12)16(19)20-3/h7-11,15,18H,4-6H2,1-3H3. The Morgan fingerprint density at radius 2 is 1.95 bits per heavy atom. The van der Waals surface area contributed by atoms with Crippen LogP contribution < -0.4 is 5.32 Å². The summed E-state index contributed by atoms with van der Waals surface area (Å²) < 4.78 is 18.2. The number of hydrogen-bond donors (Lipinski definition) is 1. The number of halogens is 1. The van der Waals surface area contributed by atoms with Crippen LogP contribution in [0.5, 0.6) is 0 Å². The Morgan fingerprint density at radius 3 is 2.55 bits per heavy atom. The van der Waals surface area contributed by atoms with Crippen LogP contribution >= 0.6 is 0 Å². The second kappa shape index (κ2) is 6.25. The van der Waals surface area contributed by atoms with Gasteiger partial charge in [-0.05, 0) is 42.9 Å². The van der Waals surface area contributed by atoms with Gasteiger partial charge in [0.15, 0.2) is 0 Å². The van der Waals surface area contributed by atoms with E-state index < -0.39 is 11.8 Å². The molecule has 1 saturated carbocycles. The summed E-state index contributed by atoms with van der Waals surface area (Å²) in [5.41, 5.74) is 0.756. The number of carbonyl (C=O) groups is 1. The number of rotatable bonds is 3. The third kappa shape index (κ3) is 3.11. The summed E-state index contributed by atoms with van der Waals surface area (Å²) in [6.07, 6.45) is 3.66. The van der Waals surface area contributed by atoms with Crippen LogP contribution in [0.4, 0.5) is 10.1 Å². The first-order valence-electron chi connectivity index (χ1n) is 7.17. The topological polar surface area (TPSA) is 38.3 Å². The Balaban J connectivity index is 2.19. The largest absolute Gasteiger partial charge is 0.465 e. The molecule has 0 aliphatic heterocycles. The van der Waals surface area contributed by atoms with Crippen LogP contribution in [-0.2, 0) is 4.74 Å². The zero-order chi connectivity index (χ0) is 14.7. The lowest BCUT2D eigenvalue weighted by Crippen LogP contribution is -2.37. The van der Waals surface area contributed by atoms with Crippen LogP contribution in [0.2, 0.25) is 0 Å². The number of anilines is 1. The molecule has 0 heterocycles. The Bertz CT molecular complexity index is 479. The van der Waals surface area contributed by atoms with Gasteiger partial charge in [0, 0.05) is 11.7 Å². The molecule has 1 aliphatic rings. The molecule has 2 rings (SSSR count). The first kappa shape index (κ1) is 14.8. The maximum atomic E-state index is 13.6. The molecular weight excluding hydrogens is 257 g/mol. The van der Waals surface area contributed by atoms with Crippen molar-refractivity contribution >= 4 is 11.7 Å². The summed E-state index contributed by atoms with van der Waals surface area (Å²) in [4.78, 5) is 11.5. The molecule has 20 heavy (non-hydrogen) atoms. The zero-order valence-corrected chi connectivity index (χ0v) is 12.3. The van der Waals surface area contributed by atoms with Crippen LogP contribution in [0.3, 0.4) is 0 Å². The fourth-order valence-electron chi connectivity index (χ4n) is 3.04. The molecule has 110 valence electrons. The van der Waals surface area contributed by atoms with Crippen molar-refractivity contribution in [2.24, 2.45) is 11.8 Å². The van der Waals surface area contributed by atoms with Gasteiger partial charge in [0.1, 0.15) is 5.82 Å². The van der Waals surface area contributed by atoms with Crippen molar-refractivity contribution in [2.45, 2.75) is 39.2 Å². The average Bonchev–Trinajstić information content (AvgIpc) is 2.44. The summed E-state index contributed by atoms with van der Waals surface area (Å²) in [6, 6.07) is 4.89. The first-order chi connectivity index (χ1) is 9.52. The van der Waals surface area contributed by atoms with Crippen LogP contribution in [0.25, 0.3) is 0 Å². The van der Waals surface area contributed by atoms with E-state index in [1.54, 1.807) is 6.07 Å². The van der Waals surface area contributed by atoms with Gasteiger partial charge >= 0.3 is 5.97 Å². The van der Waals surface area contributed by atoms with Crippen molar-refractivity contribution in [3.63, 3.8) is 0 Å². The van der Waals surface area contributed by atoms with Crippen LogP contribution in [0.15, 0.2) is 18.2 Å². The van der Waals surface area contributed by atoms with Crippen LogP contribution in [0, 0.1) is 17.7 Å². The Kier molecular flexibility index (Phi) is 4.63. The predicted octanol–water partition coefficient (Wildman–Crippen LogP) is 3.85. The first-order valence-corrected chi connectivity index (χ1v) is 7.17. The quantitative estimate of drug-likeness (QED) is 0.854. The summed E-state index contributed by atoms with van der Waals surface area (Å²) in [5, 5.41) is 3.45. The summed E-state index contributed by atoms with van der Waals surface area (Å²) >= 11 is 0. The van der Waals surface area contributed by atoms with Gasteiger partial charge in [0.2, 0.25) is 0 Å². The maximum absolute atomic E-state index is 13.6. The van der Waals surface area contributed by atoms with E-state index in [2.05, 4.69) is 23.9 Å². The third-order valence-electron chi connectivity index (χ3n) is 4.25. The van der Waals surface area contributed by atoms with E-state index in [0.29, 0.717) is 17.9 Å². The highest BCUT2D eigenvalue weighted by Crippen LogP contribution is 2.31. The molecule has 3 nitrogen and oxygen atoms in total. The van der Waals surface area contributed by atoms with Crippen LogP contribution in [0.1, 0.15) is 43.5 Å². The molecule has 1 aliphatic carbocycles. The maximum Gasteiger partial charge on any atom is 0.340 e. The lowest BCUT2D eigenvalue weighted by atomic mass is 9.78. The minimum Gasteiger partial charge on any atom is -0.465 e. The minimum absolute atomic E-state index is 0.0198. The fourth-order valence-corrected chi connectivity index (χ4v) is 3.04. The lowest BCUT2D eigenvalue weighted by Gasteiger charge is -2.36. The van der Waals surface area contributed by atoms with Crippen molar-refractivity contribution in [1.29, 1.82) is 0 Å². The highest BCUT2D eigenvalue weighted by atomic mass is 19.1. The number of esters is 1. The molecule has 2 unspecified atom stereocenters. The van der Waals surface area contributed by atoms with Gasteiger partial charge in [-0.1, -0.05) is 20.3 Å². The van der Waals surface area contributed by atoms with E-state index in [4.69, 9.17) is 0 Å². The molecule has 0 aromatic heterocycles. The third-order valence-corrected chi connectivity index (χ3v) is 4.25. The summed E-state index contributed by atoms with van der Waals surface area (Å²) in [7, 11) is 1.26. The number of methoxy groups -OCH3 is 1. The van der Waals surface area contributed by atoms with E-state index in [9.17, 15) is 9.18 Å². The normalized spacial score (nSPS) is 26.1. The van der Waals surface area contributed by atoms with E-state index in [1.165, 1.54) is 38.5 Å². The molecule has 0 bridgehead atoms. The second-order valence-corrected chi connectivity index (χ2v) is 5.74. The van der Waals surface area contributed by atoms with Gasteiger partial charge in [0.05, 0.1) is 12.7 Å². The molecule has 2 atom stereocenters. The molecule has 1 fully saturated rings. The monoisotopic (exact) mass is 279 g/mol. The molecule has 0 spiro atoms. The fraction of sp³-hybridized carbons (Fsp3) is 0.562. The summed E-state index contributed by atoms with van der Waals surface area (Å²) in [5.74, 6) is -0.0428. The van der Waals surface area contributed by atoms with E-state index in [0.717, 1.165) is 5.69 Å². The number of ether oxygens (including phenoxy) is 1. The molecular formula is C16H22FNO2. The molecule has 1 aromatic carbocycles. The molecule has 1 aromatic rings. The Hall–Kier alpha value is -1.58. The van der Waals surface area contributed by atoms with E-state index in [1.807, 2.05) is 0 Å². The Labute approximate surface area is 119 Å². The number of carbonyl (C=O) groups excluding carboxylic acids is 1. The van der Waals surface area contributed by atoms with Crippen molar-refractivity contribution < 1.29 is 13.9 Å². The Morgan fingerprint density at radius 1 is 1.30 bits per heavy atom. The van der Waals surface area contributed by atoms with Gasteiger partial charge in [-0.2, -0.15) is 0 Å². The van der Waals surface area contributed by atoms with Gasteiger partial charge < -0.3 is 10.1 Å². The molecule has 0 radical (unpaired) electrons. The van der Waals surface area contributed by atoms with E-state index in [-0.39, 0.29) is 5.56 Å². The zero-order valence-electron chi connectivity index (χ0n) is 12.3. The van der Waals surface area contributed by atoms with Crippen molar-refractivity contribution in [3.05, 3.63) is 29.6 Å². The van der Waals surface area contributed by atoms with Crippen molar-refractivity contribution in [1.82, 2.24) is 0 Å². The highest BCUT2D eigenvalue weighted by Gasteiger charge is 2.27. The van der Waals surface area contributed by atoms with Crippen molar-refractivity contribution in [2.75, 3.05) is 12.4 Å². The number of nitrogens with one attached hydrogen (secondary N) is 1. The average molecular weight is 279 g/mol. The van der Waals surface area contributed by atoms with Gasteiger partial charge in [-0.3, -0.25) is 0 Å². The number of benzene rings is 1. The smallest absolute Gasteiger partial charge is 0.340 e. The molecule has 0 amide bonds. The summed E-state index contributed by atoms with van der Waals surface area (Å²) in [6.45, 7) is 4.47. The predicted molar refractivity (Wildman–Crippen MR) is 77.3 cm³/mol. The van der Waals surface area contributed by atoms with Gasteiger partial charge in [0.25, 0.3) is 0 Å². The molecule has 1 N–H and O–H groups in total. The van der Waals surface area contributed by atoms with Crippen molar-refractivity contribution in [3.8, 4) is 0 Å². The molecule has 4 heteroatoms.